The summed E-state index contributed by atoms with van der Waals surface area (Å²) in [6, 6.07) is 6.54. The van der Waals surface area contributed by atoms with Crippen molar-refractivity contribution in [3.8, 4) is 5.75 Å². The number of sulfonamides is 1. The minimum absolute atomic E-state index is 0.0699. The molecule has 0 saturated carbocycles. The molecule has 1 aromatic rings. The van der Waals surface area contributed by atoms with Crippen molar-refractivity contribution < 1.29 is 18.3 Å². The number of benzene rings is 1. The molecule has 112 valence electrons. The van der Waals surface area contributed by atoms with Gasteiger partial charge in [-0.25, -0.2) is 8.42 Å². The third kappa shape index (κ3) is 3.31. The quantitative estimate of drug-likeness (QED) is 0.811. The van der Waals surface area contributed by atoms with E-state index in [4.69, 9.17) is 9.84 Å². The van der Waals surface area contributed by atoms with Crippen molar-refractivity contribution in [2.75, 3.05) is 19.8 Å². The fourth-order valence-corrected chi connectivity index (χ4v) is 4.06. The Bertz CT molecular complexity index is 527. The van der Waals surface area contributed by atoms with E-state index in [9.17, 15) is 8.42 Å². The van der Waals surface area contributed by atoms with Crippen molar-refractivity contribution in [2.45, 2.75) is 37.1 Å². The Morgan fingerprint density at radius 2 is 2.05 bits per heavy atom. The molecule has 20 heavy (non-hydrogen) atoms. The highest BCUT2D eigenvalue weighted by atomic mass is 32.2. The van der Waals surface area contributed by atoms with Crippen molar-refractivity contribution in [2.24, 2.45) is 0 Å². The molecule has 0 aliphatic carbocycles. The molecular weight excluding hydrogens is 278 g/mol. The zero-order valence-electron chi connectivity index (χ0n) is 11.7. The van der Waals surface area contributed by atoms with Crippen molar-refractivity contribution in [1.29, 1.82) is 0 Å². The van der Waals surface area contributed by atoms with Crippen LogP contribution in [0.1, 0.15) is 26.2 Å². The van der Waals surface area contributed by atoms with Crippen molar-refractivity contribution >= 4 is 10.0 Å². The highest BCUT2D eigenvalue weighted by Gasteiger charge is 2.32. The van der Waals surface area contributed by atoms with E-state index >= 15 is 0 Å². The van der Waals surface area contributed by atoms with E-state index in [-0.39, 0.29) is 12.6 Å². The Balaban J connectivity index is 2.09. The molecule has 1 aromatic carbocycles. The molecule has 1 saturated heterocycles. The number of aliphatic hydroxyl groups excluding tert-OH is 1. The summed E-state index contributed by atoms with van der Waals surface area (Å²) in [4.78, 5) is 0.306. The molecule has 1 N–H and O–H groups in total. The molecule has 1 heterocycles. The SMILES string of the molecule is CC1CCCN1S(=O)(=O)c1ccc(OCCCO)cc1. The maximum Gasteiger partial charge on any atom is 0.243 e. The third-order valence-electron chi connectivity index (χ3n) is 3.49. The molecule has 1 fully saturated rings. The fourth-order valence-electron chi connectivity index (χ4n) is 2.36. The first-order valence-corrected chi connectivity index (χ1v) is 8.35. The van der Waals surface area contributed by atoms with Crippen LogP contribution in [0.3, 0.4) is 0 Å². The van der Waals surface area contributed by atoms with Gasteiger partial charge in [-0.15, -0.1) is 0 Å². The van der Waals surface area contributed by atoms with Crippen molar-refractivity contribution in [1.82, 2.24) is 4.31 Å². The number of hydrogen-bond acceptors (Lipinski definition) is 4. The molecule has 2 rings (SSSR count). The summed E-state index contributed by atoms with van der Waals surface area (Å²) in [6.07, 6.45) is 2.40. The summed E-state index contributed by atoms with van der Waals surface area (Å²) in [5, 5.41) is 8.68. The third-order valence-corrected chi connectivity index (χ3v) is 5.52. The first kappa shape index (κ1) is 15.3. The van der Waals surface area contributed by atoms with Crippen LogP contribution in [0, 0.1) is 0 Å². The molecule has 1 aliphatic heterocycles. The zero-order chi connectivity index (χ0) is 14.6. The molecule has 1 atom stereocenters. The van der Waals surface area contributed by atoms with E-state index in [1.807, 2.05) is 6.92 Å². The van der Waals surface area contributed by atoms with Gasteiger partial charge in [0, 0.05) is 25.6 Å². The van der Waals surface area contributed by atoms with Gasteiger partial charge in [0.2, 0.25) is 10.0 Å². The summed E-state index contributed by atoms with van der Waals surface area (Å²) in [6.45, 7) is 3.04. The van der Waals surface area contributed by atoms with Crippen LogP contribution in [-0.4, -0.2) is 43.6 Å². The van der Waals surface area contributed by atoms with Gasteiger partial charge in [-0.1, -0.05) is 0 Å². The lowest BCUT2D eigenvalue weighted by molar-refractivity contribution is 0.233. The van der Waals surface area contributed by atoms with Gasteiger partial charge in [0.25, 0.3) is 0 Å². The topological polar surface area (TPSA) is 66.8 Å². The number of rotatable bonds is 6. The maximum absolute atomic E-state index is 12.5. The van der Waals surface area contributed by atoms with Crippen molar-refractivity contribution in [3.05, 3.63) is 24.3 Å². The molecule has 0 spiro atoms. The molecule has 6 heteroatoms. The van der Waals surface area contributed by atoms with Crippen LogP contribution < -0.4 is 4.74 Å². The van der Waals surface area contributed by atoms with E-state index in [1.54, 1.807) is 28.6 Å². The van der Waals surface area contributed by atoms with E-state index in [0.29, 0.717) is 30.2 Å². The predicted octanol–water partition coefficient (Wildman–Crippen LogP) is 1.62. The van der Waals surface area contributed by atoms with Crippen LogP contribution in [0.5, 0.6) is 5.75 Å². The summed E-state index contributed by atoms with van der Waals surface area (Å²) in [5.74, 6) is 0.617. The Morgan fingerprint density at radius 3 is 2.60 bits per heavy atom. The van der Waals surface area contributed by atoms with E-state index in [2.05, 4.69) is 0 Å². The Labute approximate surface area is 120 Å². The number of nitrogens with zero attached hydrogens (tertiary/aromatic N) is 1. The highest BCUT2D eigenvalue weighted by molar-refractivity contribution is 7.89. The Morgan fingerprint density at radius 1 is 1.35 bits per heavy atom. The van der Waals surface area contributed by atoms with Crippen LogP contribution in [-0.2, 0) is 10.0 Å². The van der Waals surface area contributed by atoms with Gasteiger partial charge in [0.05, 0.1) is 11.5 Å². The molecule has 0 radical (unpaired) electrons. The van der Waals surface area contributed by atoms with Gasteiger partial charge in [-0.05, 0) is 44.0 Å². The summed E-state index contributed by atoms with van der Waals surface area (Å²) in [7, 11) is -3.39. The molecule has 5 nitrogen and oxygen atoms in total. The average molecular weight is 299 g/mol. The second-order valence-electron chi connectivity index (χ2n) is 5.00. The minimum atomic E-state index is -3.39. The smallest absolute Gasteiger partial charge is 0.243 e. The minimum Gasteiger partial charge on any atom is -0.494 e. The highest BCUT2D eigenvalue weighted by Crippen LogP contribution is 2.26. The van der Waals surface area contributed by atoms with Crippen LogP contribution >= 0.6 is 0 Å². The molecule has 1 unspecified atom stereocenters. The van der Waals surface area contributed by atoms with Crippen LogP contribution in [0.4, 0.5) is 0 Å². The second-order valence-corrected chi connectivity index (χ2v) is 6.89. The van der Waals surface area contributed by atoms with Gasteiger partial charge >= 0.3 is 0 Å². The average Bonchev–Trinajstić information content (AvgIpc) is 2.87. The monoisotopic (exact) mass is 299 g/mol. The largest absolute Gasteiger partial charge is 0.494 e. The zero-order valence-corrected chi connectivity index (χ0v) is 12.5. The van der Waals surface area contributed by atoms with Gasteiger partial charge in [-0.2, -0.15) is 4.31 Å². The predicted molar refractivity (Wildman–Crippen MR) is 76.2 cm³/mol. The first-order valence-electron chi connectivity index (χ1n) is 6.91. The molecule has 1 aliphatic rings. The molecule has 0 amide bonds. The van der Waals surface area contributed by atoms with Crippen molar-refractivity contribution in [3.63, 3.8) is 0 Å². The lowest BCUT2D eigenvalue weighted by atomic mass is 10.3. The summed E-state index contributed by atoms with van der Waals surface area (Å²) >= 11 is 0. The summed E-state index contributed by atoms with van der Waals surface area (Å²) in [5.41, 5.74) is 0. The number of ether oxygens (including phenoxy) is 1. The van der Waals surface area contributed by atoms with Crippen LogP contribution in [0.2, 0.25) is 0 Å². The van der Waals surface area contributed by atoms with E-state index in [0.717, 1.165) is 12.8 Å². The lowest BCUT2D eigenvalue weighted by Crippen LogP contribution is -2.33. The van der Waals surface area contributed by atoms with E-state index in [1.165, 1.54) is 0 Å². The fraction of sp³-hybridized carbons (Fsp3) is 0.571. The van der Waals surface area contributed by atoms with Crippen LogP contribution in [0.15, 0.2) is 29.2 Å². The molecular formula is C14H21NO4S. The van der Waals surface area contributed by atoms with Gasteiger partial charge in [0.15, 0.2) is 0 Å². The number of hydrogen-bond donors (Lipinski definition) is 1. The second kappa shape index (κ2) is 6.56. The van der Waals surface area contributed by atoms with Gasteiger partial charge < -0.3 is 9.84 Å². The number of aliphatic hydroxyl groups is 1. The molecule has 0 aromatic heterocycles. The normalized spacial score (nSPS) is 20.2. The standard InChI is InChI=1S/C14H21NO4S/c1-12-4-2-9-15(12)20(17,18)14-7-5-13(6-8-14)19-11-3-10-16/h5-8,12,16H,2-4,9-11H2,1H3. The van der Waals surface area contributed by atoms with Crippen LogP contribution in [0.25, 0.3) is 0 Å². The maximum atomic E-state index is 12.5. The summed E-state index contributed by atoms with van der Waals surface area (Å²) < 4.78 is 31.9. The molecule has 0 bridgehead atoms. The first-order chi connectivity index (χ1) is 9.55. The Kier molecular flexibility index (Phi) is 5.01. The lowest BCUT2D eigenvalue weighted by Gasteiger charge is -2.21. The Hall–Kier alpha value is -1.11. The van der Waals surface area contributed by atoms with E-state index < -0.39 is 10.0 Å². The van der Waals surface area contributed by atoms with Gasteiger partial charge in [-0.3, -0.25) is 0 Å². The van der Waals surface area contributed by atoms with Gasteiger partial charge in [0.1, 0.15) is 5.75 Å².